The highest BCUT2D eigenvalue weighted by Gasteiger charge is 1.95. The number of hydrogen-bond acceptors (Lipinski definition) is 7. The quantitative estimate of drug-likeness (QED) is 0.406. The number of hydrogen-bond donors (Lipinski definition) is 2. The zero-order valence-electron chi connectivity index (χ0n) is 12.3. The number of nitrogens with two attached hydrogens (primary N) is 1. The summed E-state index contributed by atoms with van der Waals surface area (Å²) in [5.74, 6) is 0. The Morgan fingerprint density at radius 1 is 1.19 bits per heavy atom. The summed E-state index contributed by atoms with van der Waals surface area (Å²) in [6.45, 7) is 6.40. The fraction of sp³-hybridized carbons (Fsp3) is 0.750. The zero-order valence-corrected chi connectivity index (χ0v) is 12.3. The monoisotopic (exact) mass is 304 g/mol. The molecule has 1 aromatic rings. The lowest BCUT2D eigenvalue weighted by Crippen LogP contribution is -2.14. The second kappa shape index (κ2) is 14.9. The van der Waals surface area contributed by atoms with Crippen molar-refractivity contribution in [2.45, 2.75) is 13.5 Å². The molecule has 3 N–H and O–H groups in total. The summed E-state index contributed by atoms with van der Waals surface area (Å²) in [5.41, 5.74) is 6.19. The number of carbonyl (C=O) groups is 1. The Labute approximate surface area is 124 Å². The first-order valence-corrected chi connectivity index (χ1v) is 6.62. The molecule has 0 bridgehead atoms. The molecular formula is C12H24N4O5. The predicted octanol–water partition coefficient (Wildman–Crippen LogP) is -0.704. The average Bonchev–Trinajstić information content (AvgIpc) is 2.87. The van der Waals surface area contributed by atoms with Gasteiger partial charge in [-0.2, -0.15) is 0 Å². The number of nitrogens with zero attached hydrogens (tertiary/aromatic N) is 3. The van der Waals surface area contributed by atoms with Crippen LogP contribution in [0.3, 0.4) is 0 Å². The molecule has 0 aliphatic rings. The summed E-state index contributed by atoms with van der Waals surface area (Å²) in [7, 11) is 0. The highest BCUT2D eigenvalue weighted by Crippen LogP contribution is 1.89. The maximum Gasteiger partial charge on any atom is 0.290 e. The van der Waals surface area contributed by atoms with Gasteiger partial charge in [0, 0.05) is 12.7 Å². The summed E-state index contributed by atoms with van der Waals surface area (Å²) >= 11 is 0. The second-order valence-corrected chi connectivity index (χ2v) is 3.85. The molecule has 1 rings (SSSR count). The minimum atomic E-state index is -0.250. The number of ether oxygens (including phenoxy) is 3. The molecule has 9 heteroatoms. The van der Waals surface area contributed by atoms with E-state index in [2.05, 4.69) is 10.3 Å². The van der Waals surface area contributed by atoms with Gasteiger partial charge in [0.15, 0.2) is 0 Å². The topological polar surface area (TPSA) is 122 Å². The molecule has 9 nitrogen and oxygen atoms in total. The normalized spacial score (nSPS) is 10.0. The van der Waals surface area contributed by atoms with Crippen molar-refractivity contribution in [3.63, 3.8) is 0 Å². The Kier molecular flexibility index (Phi) is 13.8. The second-order valence-electron chi connectivity index (χ2n) is 3.85. The van der Waals surface area contributed by atoms with Gasteiger partial charge < -0.3 is 25.1 Å². The van der Waals surface area contributed by atoms with Gasteiger partial charge >= 0.3 is 0 Å². The molecule has 0 aliphatic heterocycles. The van der Waals surface area contributed by atoms with E-state index in [4.69, 9.17) is 29.8 Å². The van der Waals surface area contributed by atoms with Gasteiger partial charge in [-0.1, -0.05) is 5.21 Å². The van der Waals surface area contributed by atoms with E-state index in [-0.39, 0.29) is 6.47 Å². The van der Waals surface area contributed by atoms with Crippen LogP contribution in [0, 0.1) is 6.92 Å². The molecule has 0 spiro atoms. The minimum absolute atomic E-state index is 0.250. The van der Waals surface area contributed by atoms with Crippen molar-refractivity contribution >= 4 is 6.47 Å². The van der Waals surface area contributed by atoms with Crippen LogP contribution in [-0.2, 0) is 25.5 Å². The van der Waals surface area contributed by atoms with E-state index < -0.39 is 0 Å². The van der Waals surface area contributed by atoms with E-state index >= 15 is 0 Å². The molecule has 0 amide bonds. The van der Waals surface area contributed by atoms with Crippen molar-refractivity contribution in [2.24, 2.45) is 5.73 Å². The van der Waals surface area contributed by atoms with Gasteiger partial charge in [0.2, 0.25) is 0 Å². The van der Waals surface area contributed by atoms with Crippen molar-refractivity contribution in [3.8, 4) is 0 Å². The Morgan fingerprint density at radius 3 is 2.19 bits per heavy atom. The summed E-state index contributed by atoms with van der Waals surface area (Å²) in [6.07, 6.45) is 1.88. The fourth-order valence-corrected chi connectivity index (χ4v) is 1.29. The SMILES string of the molecule is Cc1cn(CCOCCOCCOCCN)nn1.O=CO. The van der Waals surface area contributed by atoms with E-state index in [9.17, 15) is 0 Å². The van der Waals surface area contributed by atoms with Crippen LogP contribution in [0.5, 0.6) is 0 Å². The largest absolute Gasteiger partial charge is 0.483 e. The maximum atomic E-state index is 8.36. The van der Waals surface area contributed by atoms with Crippen LogP contribution in [0.4, 0.5) is 0 Å². The highest BCUT2D eigenvalue weighted by molar-refractivity contribution is 5.32. The molecule has 0 saturated carbocycles. The van der Waals surface area contributed by atoms with Crippen molar-refractivity contribution in [2.75, 3.05) is 46.2 Å². The van der Waals surface area contributed by atoms with Crippen molar-refractivity contribution in [1.82, 2.24) is 15.0 Å². The molecule has 0 radical (unpaired) electrons. The van der Waals surface area contributed by atoms with E-state index in [1.807, 2.05) is 13.1 Å². The van der Waals surface area contributed by atoms with Gasteiger partial charge in [0.25, 0.3) is 6.47 Å². The molecule has 1 aromatic heterocycles. The van der Waals surface area contributed by atoms with E-state index in [0.29, 0.717) is 52.7 Å². The Bertz CT molecular complexity index is 348. The molecule has 1 heterocycles. The molecule has 0 atom stereocenters. The first-order chi connectivity index (χ1) is 10.2. The lowest BCUT2D eigenvalue weighted by atomic mass is 10.5. The summed E-state index contributed by atoms with van der Waals surface area (Å²) < 4.78 is 17.6. The van der Waals surface area contributed by atoms with Crippen LogP contribution < -0.4 is 5.73 Å². The first-order valence-electron chi connectivity index (χ1n) is 6.62. The Morgan fingerprint density at radius 2 is 1.71 bits per heavy atom. The molecule has 21 heavy (non-hydrogen) atoms. The van der Waals surface area contributed by atoms with Gasteiger partial charge in [0.05, 0.1) is 51.9 Å². The predicted molar refractivity (Wildman–Crippen MR) is 75.0 cm³/mol. The summed E-state index contributed by atoms with van der Waals surface area (Å²) in [5, 5.41) is 14.7. The maximum absolute atomic E-state index is 8.36. The lowest BCUT2D eigenvalue weighted by Gasteiger charge is -2.06. The van der Waals surface area contributed by atoms with Gasteiger partial charge in [-0.3, -0.25) is 4.79 Å². The Hall–Kier alpha value is -1.55. The average molecular weight is 304 g/mol. The van der Waals surface area contributed by atoms with Crippen LogP contribution in [0.1, 0.15) is 5.69 Å². The summed E-state index contributed by atoms with van der Waals surface area (Å²) in [4.78, 5) is 8.36. The van der Waals surface area contributed by atoms with Crippen LogP contribution in [-0.4, -0.2) is 72.8 Å². The minimum Gasteiger partial charge on any atom is -0.483 e. The third-order valence-corrected chi connectivity index (χ3v) is 2.12. The molecule has 0 aliphatic carbocycles. The standard InChI is InChI=1S/C11H22N4O3.CH2O2/c1-11-10-15(14-13-11)3-5-17-7-9-18-8-6-16-4-2-12;2-1-3/h10H,2-9,12H2,1H3;1H,(H,2,3). The van der Waals surface area contributed by atoms with Crippen molar-refractivity contribution < 1.29 is 24.1 Å². The third-order valence-electron chi connectivity index (χ3n) is 2.12. The van der Waals surface area contributed by atoms with Crippen LogP contribution in [0.25, 0.3) is 0 Å². The van der Waals surface area contributed by atoms with E-state index in [1.165, 1.54) is 0 Å². The number of aryl methyl sites for hydroxylation is 1. The van der Waals surface area contributed by atoms with E-state index in [1.54, 1.807) is 4.68 Å². The first kappa shape index (κ1) is 19.4. The lowest BCUT2D eigenvalue weighted by molar-refractivity contribution is -0.122. The molecule has 0 fully saturated rings. The van der Waals surface area contributed by atoms with Gasteiger partial charge in [0.1, 0.15) is 0 Å². The van der Waals surface area contributed by atoms with E-state index in [0.717, 1.165) is 5.69 Å². The van der Waals surface area contributed by atoms with Gasteiger partial charge in [-0.05, 0) is 6.92 Å². The smallest absolute Gasteiger partial charge is 0.290 e. The molecule has 0 aromatic carbocycles. The highest BCUT2D eigenvalue weighted by atomic mass is 16.5. The number of carboxylic acid groups (broad SMARTS) is 1. The molecule has 122 valence electrons. The van der Waals surface area contributed by atoms with Crippen LogP contribution in [0.2, 0.25) is 0 Å². The molecular weight excluding hydrogens is 280 g/mol. The third kappa shape index (κ3) is 13.2. The molecule has 0 saturated heterocycles. The molecule has 0 unspecified atom stereocenters. The van der Waals surface area contributed by atoms with Crippen molar-refractivity contribution in [3.05, 3.63) is 11.9 Å². The number of rotatable bonds is 11. The van der Waals surface area contributed by atoms with Crippen molar-refractivity contribution in [1.29, 1.82) is 0 Å². The summed E-state index contributed by atoms with van der Waals surface area (Å²) in [6, 6.07) is 0. The van der Waals surface area contributed by atoms with Crippen LogP contribution in [0.15, 0.2) is 6.20 Å². The Balaban J connectivity index is 0.00000122. The fourth-order valence-electron chi connectivity index (χ4n) is 1.29. The number of aromatic nitrogens is 3. The zero-order chi connectivity index (χ0) is 15.8. The van der Waals surface area contributed by atoms with Crippen LogP contribution >= 0.6 is 0 Å². The van der Waals surface area contributed by atoms with Gasteiger partial charge in [-0.25, -0.2) is 4.68 Å². The van der Waals surface area contributed by atoms with Gasteiger partial charge in [-0.15, -0.1) is 5.10 Å².